The van der Waals surface area contributed by atoms with Gasteiger partial charge in [-0.05, 0) is 11.8 Å². The minimum atomic E-state index is -0.835. The minimum absolute atomic E-state index is 0.418. The lowest BCUT2D eigenvalue weighted by molar-refractivity contribution is 0.0702. The van der Waals surface area contributed by atoms with E-state index in [1.807, 2.05) is 12.3 Å². The van der Waals surface area contributed by atoms with Gasteiger partial charge in [0.15, 0.2) is 0 Å². The molecule has 0 amide bonds. The molecule has 4 heteroatoms. The molecule has 1 rings (SSSR count). The Balaban J connectivity index is 2.73. The topological polar surface area (TPSA) is 37.3 Å². The van der Waals surface area contributed by atoms with Crippen molar-refractivity contribution in [2.45, 2.75) is 11.8 Å². The fourth-order valence-corrected chi connectivity index (χ4v) is 2.31. The van der Waals surface area contributed by atoms with Crippen molar-refractivity contribution in [3.05, 3.63) is 16.3 Å². The van der Waals surface area contributed by atoms with E-state index in [2.05, 4.69) is 0 Å². The first-order valence-corrected chi connectivity index (χ1v) is 5.05. The Morgan fingerprint density at radius 1 is 1.82 bits per heavy atom. The van der Waals surface area contributed by atoms with E-state index in [9.17, 15) is 4.79 Å². The molecule has 1 heterocycles. The van der Waals surface area contributed by atoms with Crippen molar-refractivity contribution in [2.24, 2.45) is 0 Å². The van der Waals surface area contributed by atoms with Gasteiger partial charge in [0.25, 0.3) is 0 Å². The number of rotatable bonds is 3. The zero-order valence-corrected chi connectivity index (χ0v) is 7.67. The molecule has 0 aliphatic carbocycles. The van der Waals surface area contributed by atoms with Crippen LogP contribution in [-0.4, -0.2) is 16.8 Å². The zero-order chi connectivity index (χ0) is 8.27. The molecule has 0 aliphatic heterocycles. The van der Waals surface area contributed by atoms with Gasteiger partial charge in [-0.2, -0.15) is 0 Å². The number of aromatic carboxylic acids is 1. The summed E-state index contributed by atoms with van der Waals surface area (Å²) < 4.78 is 0. The van der Waals surface area contributed by atoms with Crippen molar-refractivity contribution in [1.82, 2.24) is 0 Å². The Hall–Kier alpha value is -0.480. The monoisotopic (exact) mass is 188 g/mol. The van der Waals surface area contributed by atoms with Gasteiger partial charge in [-0.3, -0.25) is 0 Å². The average Bonchev–Trinajstić information content (AvgIpc) is 2.37. The Kier molecular flexibility index (Phi) is 2.96. The number of hydrogen-bond donors (Lipinski definition) is 1. The SMILES string of the molecule is CCSc1csc(C(=O)O)c1. The van der Waals surface area contributed by atoms with Crippen LogP contribution >= 0.6 is 23.1 Å². The van der Waals surface area contributed by atoms with Crippen LogP contribution in [0.4, 0.5) is 0 Å². The second-order valence-corrected chi connectivity index (χ2v) is 4.13. The smallest absolute Gasteiger partial charge is 0.345 e. The van der Waals surface area contributed by atoms with Crippen molar-refractivity contribution >= 4 is 29.1 Å². The van der Waals surface area contributed by atoms with Gasteiger partial charge in [-0.15, -0.1) is 23.1 Å². The first-order chi connectivity index (χ1) is 5.24. The van der Waals surface area contributed by atoms with Crippen LogP contribution in [0.2, 0.25) is 0 Å². The average molecular weight is 188 g/mol. The van der Waals surface area contributed by atoms with Gasteiger partial charge in [-0.25, -0.2) is 4.79 Å². The van der Waals surface area contributed by atoms with Crippen LogP contribution in [0, 0.1) is 0 Å². The molecule has 0 radical (unpaired) electrons. The molecule has 0 fully saturated rings. The van der Waals surface area contributed by atoms with E-state index in [4.69, 9.17) is 5.11 Å². The number of thioether (sulfide) groups is 1. The van der Waals surface area contributed by atoms with Crippen LogP contribution in [0.1, 0.15) is 16.6 Å². The summed E-state index contributed by atoms with van der Waals surface area (Å²) in [7, 11) is 0. The van der Waals surface area contributed by atoms with E-state index in [0.29, 0.717) is 4.88 Å². The summed E-state index contributed by atoms with van der Waals surface area (Å²) in [4.78, 5) is 11.9. The van der Waals surface area contributed by atoms with Crippen LogP contribution in [0.3, 0.4) is 0 Å². The van der Waals surface area contributed by atoms with E-state index in [0.717, 1.165) is 10.6 Å². The standard InChI is InChI=1S/C7H8O2S2/c1-2-10-5-3-6(7(8)9)11-4-5/h3-4H,2H2,1H3,(H,8,9). The van der Waals surface area contributed by atoms with Gasteiger partial charge in [0.2, 0.25) is 0 Å². The Bertz CT molecular complexity index is 255. The molecular formula is C7H8O2S2. The van der Waals surface area contributed by atoms with Gasteiger partial charge in [0.1, 0.15) is 4.88 Å². The number of carboxylic acid groups (broad SMARTS) is 1. The molecule has 11 heavy (non-hydrogen) atoms. The quantitative estimate of drug-likeness (QED) is 0.741. The van der Waals surface area contributed by atoms with Gasteiger partial charge >= 0.3 is 5.97 Å². The van der Waals surface area contributed by atoms with Crippen molar-refractivity contribution in [2.75, 3.05) is 5.75 Å². The lowest BCUT2D eigenvalue weighted by Gasteiger charge is -1.87. The van der Waals surface area contributed by atoms with E-state index in [1.165, 1.54) is 11.3 Å². The molecular weight excluding hydrogens is 180 g/mol. The molecule has 0 saturated heterocycles. The fourth-order valence-electron chi connectivity index (χ4n) is 0.673. The van der Waals surface area contributed by atoms with Crippen LogP contribution < -0.4 is 0 Å². The third-order valence-corrected chi connectivity index (χ3v) is 3.02. The normalized spacial score (nSPS) is 9.91. The summed E-state index contributed by atoms with van der Waals surface area (Å²) in [6.45, 7) is 2.04. The molecule has 0 aliphatic rings. The van der Waals surface area contributed by atoms with Gasteiger partial charge < -0.3 is 5.11 Å². The van der Waals surface area contributed by atoms with E-state index in [-0.39, 0.29) is 0 Å². The molecule has 0 saturated carbocycles. The predicted molar refractivity (Wildman–Crippen MR) is 47.7 cm³/mol. The van der Waals surface area contributed by atoms with Crippen LogP contribution in [0.25, 0.3) is 0 Å². The maximum absolute atomic E-state index is 10.4. The summed E-state index contributed by atoms with van der Waals surface area (Å²) >= 11 is 2.94. The molecule has 0 unspecified atom stereocenters. The third kappa shape index (κ3) is 2.24. The molecule has 0 bridgehead atoms. The maximum Gasteiger partial charge on any atom is 0.345 e. The van der Waals surface area contributed by atoms with E-state index >= 15 is 0 Å². The molecule has 0 atom stereocenters. The van der Waals surface area contributed by atoms with Crippen LogP contribution in [0.5, 0.6) is 0 Å². The fraction of sp³-hybridized carbons (Fsp3) is 0.286. The highest BCUT2D eigenvalue weighted by Gasteiger charge is 2.05. The third-order valence-electron chi connectivity index (χ3n) is 1.10. The number of hydrogen-bond acceptors (Lipinski definition) is 3. The summed E-state index contributed by atoms with van der Waals surface area (Å²) in [6, 6.07) is 1.71. The Morgan fingerprint density at radius 2 is 2.55 bits per heavy atom. The minimum Gasteiger partial charge on any atom is -0.477 e. The van der Waals surface area contributed by atoms with Gasteiger partial charge in [0.05, 0.1) is 0 Å². The van der Waals surface area contributed by atoms with Gasteiger partial charge in [-0.1, -0.05) is 6.92 Å². The number of carbonyl (C=O) groups is 1. The first kappa shape index (κ1) is 8.62. The lowest BCUT2D eigenvalue weighted by atomic mass is 10.5. The largest absolute Gasteiger partial charge is 0.477 e. The Morgan fingerprint density at radius 3 is 3.00 bits per heavy atom. The molecule has 1 N–H and O–H groups in total. The zero-order valence-electron chi connectivity index (χ0n) is 6.03. The molecule has 1 aromatic rings. The first-order valence-electron chi connectivity index (χ1n) is 3.18. The Labute approximate surface area is 73.2 Å². The number of thiophene rings is 1. The van der Waals surface area contributed by atoms with Crippen LogP contribution in [0.15, 0.2) is 16.3 Å². The van der Waals surface area contributed by atoms with Crippen molar-refractivity contribution in [1.29, 1.82) is 0 Å². The highest BCUT2D eigenvalue weighted by molar-refractivity contribution is 7.99. The summed E-state index contributed by atoms with van der Waals surface area (Å²) in [5.74, 6) is 0.147. The van der Waals surface area contributed by atoms with E-state index < -0.39 is 5.97 Å². The van der Waals surface area contributed by atoms with Gasteiger partial charge in [0, 0.05) is 10.3 Å². The summed E-state index contributed by atoms with van der Waals surface area (Å²) in [5.41, 5.74) is 0. The molecule has 0 aromatic carbocycles. The summed E-state index contributed by atoms with van der Waals surface area (Å²) in [6.07, 6.45) is 0. The molecule has 2 nitrogen and oxygen atoms in total. The molecule has 60 valence electrons. The van der Waals surface area contributed by atoms with Crippen molar-refractivity contribution in [3.8, 4) is 0 Å². The highest BCUT2D eigenvalue weighted by atomic mass is 32.2. The predicted octanol–water partition coefficient (Wildman–Crippen LogP) is 2.56. The number of carboxylic acids is 1. The van der Waals surface area contributed by atoms with Crippen LogP contribution in [-0.2, 0) is 0 Å². The lowest BCUT2D eigenvalue weighted by Crippen LogP contribution is -1.89. The molecule has 1 aromatic heterocycles. The second kappa shape index (κ2) is 3.78. The highest BCUT2D eigenvalue weighted by Crippen LogP contribution is 2.24. The van der Waals surface area contributed by atoms with Crippen molar-refractivity contribution < 1.29 is 9.90 Å². The molecule has 0 spiro atoms. The summed E-state index contributed by atoms with van der Waals surface area (Å²) in [5, 5.41) is 10.4. The van der Waals surface area contributed by atoms with Crippen molar-refractivity contribution in [3.63, 3.8) is 0 Å². The maximum atomic E-state index is 10.4. The van der Waals surface area contributed by atoms with E-state index in [1.54, 1.807) is 17.8 Å². The second-order valence-electron chi connectivity index (χ2n) is 1.88.